The number of carbonyl (C=O) groups excluding carboxylic acids is 3. The Bertz CT molecular complexity index is 1190. The molecule has 1 aliphatic rings. The molecule has 6 nitrogen and oxygen atoms in total. The molecule has 0 saturated carbocycles. The summed E-state index contributed by atoms with van der Waals surface area (Å²) in [6.07, 6.45) is -1.09. The van der Waals surface area contributed by atoms with Crippen LogP contribution in [0.2, 0.25) is 5.02 Å². The smallest absolute Gasteiger partial charge is 0.418 e. The van der Waals surface area contributed by atoms with E-state index < -0.39 is 35.4 Å². The molecule has 168 valence electrons. The number of ether oxygens (including phenoxy) is 1. The Labute approximate surface area is 194 Å². The predicted octanol–water partition coefficient (Wildman–Crippen LogP) is 5.14. The summed E-state index contributed by atoms with van der Waals surface area (Å²) >= 11 is 5.91. The fourth-order valence-corrected chi connectivity index (χ4v) is 3.85. The quantitative estimate of drug-likeness (QED) is 0.510. The highest BCUT2D eigenvalue weighted by molar-refractivity contribution is 6.30. The van der Waals surface area contributed by atoms with E-state index in [1.807, 2.05) is 0 Å². The minimum atomic E-state index is -2.10. The summed E-state index contributed by atoms with van der Waals surface area (Å²) in [6.45, 7) is 1.61. The number of imide groups is 1. The van der Waals surface area contributed by atoms with Crippen molar-refractivity contribution in [3.05, 3.63) is 101 Å². The van der Waals surface area contributed by atoms with Gasteiger partial charge in [0, 0.05) is 17.1 Å². The molecule has 1 aliphatic heterocycles. The van der Waals surface area contributed by atoms with Crippen molar-refractivity contribution in [2.45, 2.75) is 25.0 Å². The maximum Gasteiger partial charge on any atom is 0.418 e. The van der Waals surface area contributed by atoms with Crippen molar-refractivity contribution < 1.29 is 23.5 Å². The molecule has 4 rings (SSSR count). The van der Waals surface area contributed by atoms with Gasteiger partial charge in [-0.05, 0) is 54.4 Å². The summed E-state index contributed by atoms with van der Waals surface area (Å²) < 4.78 is 18.9. The van der Waals surface area contributed by atoms with Crippen LogP contribution in [0.15, 0.2) is 78.9 Å². The maximum absolute atomic E-state index is 13.6. The van der Waals surface area contributed by atoms with Crippen LogP contribution in [0.3, 0.4) is 0 Å². The molecule has 0 spiro atoms. The Balaban J connectivity index is 1.70. The number of anilines is 1. The van der Waals surface area contributed by atoms with E-state index in [1.54, 1.807) is 61.5 Å². The molecular weight excluding hydrogens is 447 g/mol. The summed E-state index contributed by atoms with van der Waals surface area (Å²) in [7, 11) is 0. The molecule has 1 heterocycles. The van der Waals surface area contributed by atoms with Gasteiger partial charge in [0.2, 0.25) is 0 Å². The third-order valence-corrected chi connectivity index (χ3v) is 5.78. The third kappa shape index (κ3) is 4.45. The fraction of sp³-hybridized carbons (Fsp3) is 0.160. The second-order valence-corrected chi connectivity index (χ2v) is 8.16. The van der Waals surface area contributed by atoms with E-state index in [-0.39, 0.29) is 6.42 Å². The molecule has 3 amide bonds. The number of carbonyl (C=O) groups is 3. The van der Waals surface area contributed by atoms with Crippen LogP contribution >= 0.6 is 11.6 Å². The van der Waals surface area contributed by atoms with E-state index in [4.69, 9.17) is 16.3 Å². The highest BCUT2D eigenvalue weighted by atomic mass is 35.5. The van der Waals surface area contributed by atoms with Gasteiger partial charge in [0.1, 0.15) is 5.82 Å². The zero-order valence-electron chi connectivity index (χ0n) is 17.6. The molecule has 0 radical (unpaired) electrons. The lowest BCUT2D eigenvalue weighted by Gasteiger charge is -2.25. The lowest BCUT2D eigenvalue weighted by Crippen LogP contribution is -2.52. The summed E-state index contributed by atoms with van der Waals surface area (Å²) in [5.74, 6) is -2.01. The Morgan fingerprint density at radius 3 is 2.30 bits per heavy atom. The van der Waals surface area contributed by atoms with Gasteiger partial charge < -0.3 is 10.1 Å². The first-order chi connectivity index (χ1) is 15.8. The van der Waals surface area contributed by atoms with E-state index >= 15 is 0 Å². The van der Waals surface area contributed by atoms with E-state index in [0.29, 0.717) is 21.8 Å². The molecule has 0 bridgehead atoms. The fourth-order valence-electron chi connectivity index (χ4n) is 3.73. The number of benzene rings is 3. The van der Waals surface area contributed by atoms with Crippen molar-refractivity contribution in [3.63, 3.8) is 0 Å². The van der Waals surface area contributed by atoms with Gasteiger partial charge in [-0.1, -0.05) is 54.1 Å². The van der Waals surface area contributed by atoms with Crippen molar-refractivity contribution in [3.8, 4) is 0 Å². The first kappa shape index (κ1) is 22.5. The summed E-state index contributed by atoms with van der Waals surface area (Å²) in [4.78, 5) is 40.8. The van der Waals surface area contributed by atoms with Gasteiger partial charge in [-0.15, -0.1) is 0 Å². The molecule has 1 saturated heterocycles. The maximum atomic E-state index is 13.6. The number of hydrogen-bond donors (Lipinski definition) is 1. The van der Waals surface area contributed by atoms with Gasteiger partial charge in [-0.2, -0.15) is 0 Å². The molecule has 8 heteroatoms. The molecule has 0 aromatic heterocycles. The van der Waals surface area contributed by atoms with Gasteiger partial charge in [-0.3, -0.25) is 9.59 Å². The van der Waals surface area contributed by atoms with Gasteiger partial charge in [0.15, 0.2) is 0 Å². The van der Waals surface area contributed by atoms with Crippen molar-refractivity contribution in [1.82, 2.24) is 4.90 Å². The molecule has 0 aliphatic carbocycles. The lowest BCUT2D eigenvalue weighted by atomic mass is 9.91. The summed E-state index contributed by atoms with van der Waals surface area (Å²) in [5.41, 5.74) is -0.547. The van der Waals surface area contributed by atoms with Crippen LogP contribution in [-0.4, -0.2) is 28.4 Å². The van der Waals surface area contributed by atoms with E-state index in [1.165, 1.54) is 24.3 Å². The second kappa shape index (κ2) is 9.03. The predicted molar refractivity (Wildman–Crippen MR) is 121 cm³/mol. The number of halogens is 2. The third-order valence-electron chi connectivity index (χ3n) is 5.53. The number of hydrogen-bond acceptors (Lipinski definition) is 4. The standard InChI is InChI=1S/C25H20ClFN2O4/c1-16(18-7-11-20(27)12-8-18)29-23(31)25(33-24(29)32,15-17-5-3-2-4-6-17)22(30)28-21-13-9-19(26)10-14-21/h2-14,16H,15H2,1H3,(H,28,30)/t16-,25-/m1/s1. The molecule has 1 N–H and O–H groups in total. The molecule has 1 fully saturated rings. The first-order valence-electron chi connectivity index (χ1n) is 10.2. The molecule has 33 heavy (non-hydrogen) atoms. The van der Waals surface area contributed by atoms with Crippen LogP contribution in [0.25, 0.3) is 0 Å². The van der Waals surface area contributed by atoms with Crippen molar-refractivity contribution in [2.24, 2.45) is 0 Å². The van der Waals surface area contributed by atoms with E-state index in [9.17, 15) is 18.8 Å². The van der Waals surface area contributed by atoms with Crippen LogP contribution in [0, 0.1) is 5.82 Å². The Hall–Kier alpha value is -3.71. The Kier molecular flexibility index (Phi) is 6.16. The number of cyclic esters (lactones) is 1. The normalized spacial score (nSPS) is 18.7. The highest BCUT2D eigenvalue weighted by Crippen LogP contribution is 2.35. The van der Waals surface area contributed by atoms with Crippen molar-refractivity contribution in [1.29, 1.82) is 0 Å². The van der Waals surface area contributed by atoms with Crippen LogP contribution < -0.4 is 5.32 Å². The van der Waals surface area contributed by atoms with E-state index in [2.05, 4.69) is 5.32 Å². The topological polar surface area (TPSA) is 75.7 Å². The SMILES string of the molecule is C[C@H](c1ccc(F)cc1)N1C(=O)O[C@](Cc2ccccc2)(C(=O)Nc2ccc(Cl)cc2)C1=O. The van der Waals surface area contributed by atoms with Gasteiger partial charge in [0.05, 0.1) is 6.04 Å². The van der Waals surface area contributed by atoms with Crippen LogP contribution in [0.1, 0.15) is 24.1 Å². The largest absolute Gasteiger partial charge is 0.422 e. The minimum Gasteiger partial charge on any atom is -0.422 e. The van der Waals surface area contributed by atoms with E-state index in [0.717, 1.165) is 4.90 Å². The van der Waals surface area contributed by atoms with Gasteiger partial charge in [0.25, 0.3) is 17.4 Å². The first-order valence-corrected chi connectivity index (χ1v) is 10.6. The van der Waals surface area contributed by atoms with Crippen LogP contribution in [-0.2, 0) is 20.7 Å². The monoisotopic (exact) mass is 466 g/mol. The molecule has 2 atom stereocenters. The summed E-state index contributed by atoms with van der Waals surface area (Å²) in [5, 5.41) is 3.14. The Morgan fingerprint density at radius 2 is 1.67 bits per heavy atom. The van der Waals surface area contributed by atoms with Crippen LogP contribution in [0.5, 0.6) is 0 Å². The highest BCUT2D eigenvalue weighted by Gasteiger charge is 2.60. The number of amides is 3. The average molecular weight is 467 g/mol. The summed E-state index contributed by atoms with van der Waals surface area (Å²) in [6, 6.07) is 19.8. The molecular formula is C25H20ClFN2O4. The lowest BCUT2D eigenvalue weighted by molar-refractivity contribution is -0.147. The minimum absolute atomic E-state index is 0.148. The number of nitrogens with one attached hydrogen (secondary N) is 1. The zero-order valence-corrected chi connectivity index (χ0v) is 18.4. The van der Waals surface area contributed by atoms with Crippen LogP contribution in [0.4, 0.5) is 14.9 Å². The van der Waals surface area contributed by atoms with Crippen molar-refractivity contribution in [2.75, 3.05) is 5.32 Å². The Morgan fingerprint density at radius 1 is 1.03 bits per heavy atom. The van der Waals surface area contributed by atoms with Crippen molar-refractivity contribution >= 4 is 35.2 Å². The number of rotatable bonds is 6. The average Bonchev–Trinajstić information content (AvgIpc) is 3.06. The molecule has 3 aromatic carbocycles. The number of nitrogens with zero attached hydrogens (tertiary/aromatic N) is 1. The molecule has 3 aromatic rings. The zero-order chi connectivity index (χ0) is 23.6. The van der Waals surface area contributed by atoms with Gasteiger partial charge in [-0.25, -0.2) is 14.1 Å². The van der Waals surface area contributed by atoms with Gasteiger partial charge >= 0.3 is 6.09 Å². The molecule has 0 unspecified atom stereocenters. The second-order valence-electron chi connectivity index (χ2n) is 7.72.